The van der Waals surface area contributed by atoms with Crippen molar-refractivity contribution in [3.63, 3.8) is 0 Å². The van der Waals surface area contributed by atoms with Gasteiger partial charge >= 0.3 is 12.0 Å². The number of urea groups is 1. The summed E-state index contributed by atoms with van der Waals surface area (Å²) in [4.78, 5) is 22.2. The normalized spacial score (nSPS) is 12.9. The van der Waals surface area contributed by atoms with Crippen molar-refractivity contribution in [2.24, 2.45) is 0 Å². The van der Waals surface area contributed by atoms with Gasteiger partial charge < -0.3 is 15.7 Å². The highest BCUT2D eigenvalue weighted by molar-refractivity contribution is 5.76. The summed E-state index contributed by atoms with van der Waals surface area (Å²) in [5.74, 6) is -0.912. The van der Waals surface area contributed by atoms with Gasteiger partial charge in [0.25, 0.3) is 0 Å². The van der Waals surface area contributed by atoms with E-state index in [2.05, 4.69) is 10.6 Å². The number of amides is 2. The maximum Gasteiger partial charge on any atom is 0.315 e. The number of aliphatic carboxylic acids is 1. The molecule has 0 aliphatic rings. The molecule has 0 fully saturated rings. The Morgan fingerprint density at radius 2 is 1.65 bits per heavy atom. The molecule has 0 rings (SSSR count). The first-order valence-corrected chi connectivity index (χ1v) is 6.19. The van der Waals surface area contributed by atoms with Gasteiger partial charge in [-0.1, -0.05) is 20.8 Å². The van der Waals surface area contributed by atoms with Crippen LogP contribution in [0.25, 0.3) is 0 Å². The van der Waals surface area contributed by atoms with Crippen LogP contribution in [0.4, 0.5) is 4.79 Å². The molecule has 0 saturated heterocycles. The van der Waals surface area contributed by atoms with Crippen LogP contribution in [0.5, 0.6) is 0 Å². The molecule has 1 unspecified atom stereocenters. The standard InChI is InChI=1S/C12H24N2O3/c1-5-12(6-2,7-3)14-11(17)13-9(4)8-10(15)16/h9H,5-8H2,1-4H3,(H,15,16)(H2,13,14,17). The predicted octanol–water partition coefficient (Wildman–Crippen LogP) is 2.12. The molecule has 1 atom stereocenters. The zero-order chi connectivity index (χ0) is 13.5. The Kier molecular flexibility index (Phi) is 6.61. The van der Waals surface area contributed by atoms with E-state index in [0.29, 0.717) is 0 Å². The molecule has 2 amide bonds. The molecule has 0 aromatic heterocycles. The summed E-state index contributed by atoms with van der Waals surface area (Å²) >= 11 is 0. The molecule has 5 heteroatoms. The second-order valence-electron chi connectivity index (χ2n) is 4.44. The summed E-state index contributed by atoms with van der Waals surface area (Å²) in [6.07, 6.45) is 2.52. The minimum Gasteiger partial charge on any atom is -0.481 e. The number of carboxylic acid groups (broad SMARTS) is 1. The monoisotopic (exact) mass is 244 g/mol. The summed E-state index contributed by atoms with van der Waals surface area (Å²) < 4.78 is 0. The van der Waals surface area contributed by atoms with E-state index in [1.54, 1.807) is 6.92 Å². The Morgan fingerprint density at radius 3 is 2.00 bits per heavy atom. The largest absolute Gasteiger partial charge is 0.481 e. The lowest BCUT2D eigenvalue weighted by atomic mass is 9.90. The van der Waals surface area contributed by atoms with E-state index in [9.17, 15) is 9.59 Å². The molecular formula is C12H24N2O3. The first-order valence-electron chi connectivity index (χ1n) is 6.19. The minimum absolute atomic E-state index is 0.0647. The Balaban J connectivity index is 4.28. The van der Waals surface area contributed by atoms with Crippen LogP contribution in [0.1, 0.15) is 53.4 Å². The molecule has 0 aliphatic carbocycles. The zero-order valence-corrected chi connectivity index (χ0v) is 11.2. The highest BCUT2D eigenvalue weighted by Crippen LogP contribution is 2.18. The Bertz CT molecular complexity index is 254. The van der Waals surface area contributed by atoms with Gasteiger partial charge in [0.1, 0.15) is 0 Å². The number of carboxylic acids is 1. The number of nitrogens with one attached hydrogen (secondary N) is 2. The first-order chi connectivity index (χ1) is 7.89. The van der Waals surface area contributed by atoms with Crippen LogP contribution in [0.2, 0.25) is 0 Å². The highest BCUT2D eigenvalue weighted by atomic mass is 16.4. The Labute approximate surface area is 103 Å². The molecule has 5 nitrogen and oxygen atoms in total. The van der Waals surface area contributed by atoms with Gasteiger partial charge in [-0.3, -0.25) is 4.79 Å². The van der Waals surface area contributed by atoms with Crippen LogP contribution in [-0.2, 0) is 4.79 Å². The van der Waals surface area contributed by atoms with Crippen molar-refractivity contribution in [1.29, 1.82) is 0 Å². The third-order valence-corrected chi connectivity index (χ3v) is 3.27. The lowest BCUT2D eigenvalue weighted by molar-refractivity contribution is -0.137. The van der Waals surface area contributed by atoms with E-state index in [4.69, 9.17) is 5.11 Å². The molecule has 0 spiro atoms. The number of carbonyl (C=O) groups excluding carboxylic acids is 1. The minimum atomic E-state index is -0.912. The van der Waals surface area contributed by atoms with Crippen molar-refractivity contribution in [1.82, 2.24) is 10.6 Å². The lowest BCUT2D eigenvalue weighted by Crippen LogP contribution is -2.53. The molecule has 0 bridgehead atoms. The summed E-state index contributed by atoms with van der Waals surface area (Å²) in [7, 11) is 0. The summed E-state index contributed by atoms with van der Waals surface area (Å²) in [5.41, 5.74) is -0.187. The van der Waals surface area contributed by atoms with Gasteiger partial charge in [-0.25, -0.2) is 4.79 Å². The van der Waals surface area contributed by atoms with Crippen molar-refractivity contribution in [2.75, 3.05) is 0 Å². The second kappa shape index (κ2) is 7.14. The van der Waals surface area contributed by atoms with Crippen LogP contribution in [-0.4, -0.2) is 28.7 Å². The van der Waals surface area contributed by atoms with Crippen LogP contribution in [0.15, 0.2) is 0 Å². The van der Waals surface area contributed by atoms with Crippen molar-refractivity contribution < 1.29 is 14.7 Å². The van der Waals surface area contributed by atoms with E-state index in [0.717, 1.165) is 19.3 Å². The van der Waals surface area contributed by atoms with E-state index in [1.165, 1.54) is 0 Å². The molecule has 0 aromatic carbocycles. The Hall–Kier alpha value is -1.26. The van der Waals surface area contributed by atoms with Crippen molar-refractivity contribution in [3.8, 4) is 0 Å². The summed E-state index contributed by atoms with van der Waals surface area (Å²) in [5, 5.41) is 14.2. The van der Waals surface area contributed by atoms with Crippen LogP contribution >= 0.6 is 0 Å². The average Bonchev–Trinajstić information content (AvgIpc) is 2.24. The molecule has 0 radical (unpaired) electrons. The van der Waals surface area contributed by atoms with Crippen molar-refractivity contribution >= 4 is 12.0 Å². The van der Waals surface area contributed by atoms with E-state index < -0.39 is 5.97 Å². The van der Waals surface area contributed by atoms with Gasteiger partial charge in [0.05, 0.1) is 6.42 Å². The van der Waals surface area contributed by atoms with Gasteiger partial charge in [0.15, 0.2) is 0 Å². The SMILES string of the molecule is CCC(CC)(CC)NC(=O)NC(C)CC(=O)O. The molecule has 3 N–H and O–H groups in total. The molecule has 100 valence electrons. The average molecular weight is 244 g/mol. The fourth-order valence-corrected chi connectivity index (χ4v) is 1.83. The zero-order valence-electron chi connectivity index (χ0n) is 11.2. The van der Waals surface area contributed by atoms with E-state index >= 15 is 0 Å². The third kappa shape index (κ3) is 5.56. The van der Waals surface area contributed by atoms with Crippen LogP contribution in [0, 0.1) is 0 Å². The number of hydrogen-bond donors (Lipinski definition) is 3. The topological polar surface area (TPSA) is 78.4 Å². The van der Waals surface area contributed by atoms with Crippen molar-refractivity contribution in [2.45, 2.75) is 65.0 Å². The number of rotatable bonds is 7. The maximum absolute atomic E-state index is 11.7. The Morgan fingerprint density at radius 1 is 1.18 bits per heavy atom. The van der Waals surface area contributed by atoms with Gasteiger partial charge in [0.2, 0.25) is 0 Å². The molecule has 0 saturated carbocycles. The quantitative estimate of drug-likeness (QED) is 0.642. The van der Waals surface area contributed by atoms with Crippen LogP contribution < -0.4 is 10.6 Å². The van der Waals surface area contributed by atoms with Gasteiger partial charge in [-0.05, 0) is 26.2 Å². The molecule has 0 heterocycles. The first kappa shape index (κ1) is 15.7. The second-order valence-corrected chi connectivity index (χ2v) is 4.44. The maximum atomic E-state index is 11.7. The summed E-state index contributed by atoms with van der Waals surface area (Å²) in [6, 6.07) is -0.653. The van der Waals surface area contributed by atoms with E-state index in [1.807, 2.05) is 20.8 Å². The van der Waals surface area contributed by atoms with Crippen LogP contribution in [0.3, 0.4) is 0 Å². The highest BCUT2D eigenvalue weighted by Gasteiger charge is 2.26. The predicted molar refractivity (Wildman–Crippen MR) is 67.0 cm³/mol. The number of carbonyl (C=O) groups is 2. The van der Waals surface area contributed by atoms with Crippen molar-refractivity contribution in [3.05, 3.63) is 0 Å². The van der Waals surface area contributed by atoms with Gasteiger partial charge in [-0.2, -0.15) is 0 Å². The third-order valence-electron chi connectivity index (χ3n) is 3.27. The number of hydrogen-bond acceptors (Lipinski definition) is 2. The lowest BCUT2D eigenvalue weighted by Gasteiger charge is -2.32. The smallest absolute Gasteiger partial charge is 0.315 e. The fourth-order valence-electron chi connectivity index (χ4n) is 1.83. The van der Waals surface area contributed by atoms with E-state index in [-0.39, 0.29) is 24.0 Å². The van der Waals surface area contributed by atoms with Gasteiger partial charge in [0, 0.05) is 11.6 Å². The fraction of sp³-hybridized carbons (Fsp3) is 0.833. The molecular weight excluding hydrogens is 220 g/mol. The summed E-state index contributed by atoms with van der Waals surface area (Å²) in [6.45, 7) is 7.79. The molecule has 0 aromatic rings. The molecule has 17 heavy (non-hydrogen) atoms. The van der Waals surface area contributed by atoms with Gasteiger partial charge in [-0.15, -0.1) is 0 Å². The molecule has 0 aliphatic heterocycles.